The van der Waals surface area contributed by atoms with Crippen molar-refractivity contribution in [2.24, 2.45) is 0 Å². The van der Waals surface area contributed by atoms with Crippen molar-refractivity contribution in [3.05, 3.63) is 76.3 Å². The molecule has 1 saturated heterocycles. The monoisotopic (exact) mass is 592 g/mol. The molecule has 1 fully saturated rings. The van der Waals surface area contributed by atoms with E-state index in [0.29, 0.717) is 17.7 Å². The van der Waals surface area contributed by atoms with Crippen LogP contribution in [-0.2, 0) is 44.5 Å². The number of fused-ring (bicyclic) bond motifs is 1. The van der Waals surface area contributed by atoms with Crippen LogP contribution in [0.25, 0.3) is 11.1 Å². The highest BCUT2D eigenvalue weighted by molar-refractivity contribution is 6.01. The molecule has 1 aliphatic heterocycles. The maximum absolute atomic E-state index is 12.9. The van der Waals surface area contributed by atoms with Crippen LogP contribution in [0.2, 0.25) is 0 Å². The molecule has 43 heavy (non-hydrogen) atoms. The number of rotatable bonds is 9. The molecule has 0 bridgehead atoms. The van der Waals surface area contributed by atoms with Gasteiger partial charge in [-0.1, -0.05) is 36.4 Å². The van der Waals surface area contributed by atoms with Crippen LogP contribution in [0.15, 0.2) is 48.5 Å². The van der Waals surface area contributed by atoms with E-state index in [-0.39, 0.29) is 13.0 Å². The summed E-state index contributed by atoms with van der Waals surface area (Å²) in [6.07, 6.45) is -2.79. The number of ether oxygens (including phenoxy) is 6. The van der Waals surface area contributed by atoms with E-state index in [4.69, 9.17) is 28.4 Å². The molecule has 1 aromatic carbocycles. The molecule has 1 heterocycles. The van der Waals surface area contributed by atoms with E-state index in [1.54, 1.807) is 7.11 Å². The summed E-state index contributed by atoms with van der Waals surface area (Å²) in [5.74, 6) is -1.48. The Morgan fingerprint density at radius 2 is 1.63 bits per heavy atom. The van der Waals surface area contributed by atoms with Gasteiger partial charge in [-0.25, -0.2) is 4.79 Å². The van der Waals surface area contributed by atoms with Gasteiger partial charge in [-0.3, -0.25) is 14.4 Å². The molecular weight excluding hydrogens is 556 g/mol. The van der Waals surface area contributed by atoms with Crippen molar-refractivity contribution < 1.29 is 47.6 Å². The minimum atomic E-state index is -0.976. The summed E-state index contributed by atoms with van der Waals surface area (Å²) in [6, 6.07) is 15.2. The van der Waals surface area contributed by atoms with Crippen molar-refractivity contribution in [2.75, 3.05) is 20.8 Å². The molecule has 4 atom stereocenters. The molecule has 0 amide bonds. The zero-order valence-corrected chi connectivity index (χ0v) is 25.1. The molecule has 10 nitrogen and oxygen atoms in total. The van der Waals surface area contributed by atoms with Crippen LogP contribution in [0.1, 0.15) is 65.9 Å². The van der Waals surface area contributed by atoms with Gasteiger partial charge in [-0.2, -0.15) is 0 Å². The van der Waals surface area contributed by atoms with E-state index in [2.05, 4.69) is 0 Å². The minimum absolute atomic E-state index is 0.185. The molecule has 0 unspecified atom stereocenters. The van der Waals surface area contributed by atoms with E-state index >= 15 is 0 Å². The second kappa shape index (κ2) is 13.7. The third kappa shape index (κ3) is 7.14. The third-order valence-electron chi connectivity index (χ3n) is 7.50. The second-order valence-corrected chi connectivity index (χ2v) is 10.4. The molecule has 0 radical (unpaired) electrons. The van der Waals surface area contributed by atoms with Gasteiger partial charge in [-0.15, -0.1) is 0 Å². The van der Waals surface area contributed by atoms with Gasteiger partial charge in [0, 0.05) is 39.2 Å². The van der Waals surface area contributed by atoms with Gasteiger partial charge in [0.05, 0.1) is 25.9 Å². The fourth-order valence-electron chi connectivity index (χ4n) is 5.66. The summed E-state index contributed by atoms with van der Waals surface area (Å²) in [4.78, 5) is 48.5. The highest BCUT2D eigenvalue weighted by Crippen LogP contribution is 2.41. The summed E-state index contributed by atoms with van der Waals surface area (Å²) < 4.78 is 33.6. The topological polar surface area (TPSA) is 124 Å². The fourth-order valence-corrected chi connectivity index (χ4v) is 5.66. The first kappa shape index (κ1) is 31.5. The van der Waals surface area contributed by atoms with Crippen LogP contribution in [0.5, 0.6) is 5.75 Å². The highest BCUT2D eigenvalue weighted by Gasteiger charge is 2.44. The smallest absolute Gasteiger partial charge is 0.338 e. The summed E-state index contributed by atoms with van der Waals surface area (Å²) in [5.41, 5.74) is 5.39. The van der Waals surface area contributed by atoms with E-state index < -0.39 is 48.3 Å². The van der Waals surface area contributed by atoms with Gasteiger partial charge in [0.2, 0.25) is 0 Å². The van der Waals surface area contributed by atoms with Gasteiger partial charge in [0.1, 0.15) is 24.6 Å². The largest absolute Gasteiger partial charge is 0.496 e. The SMILES string of the molecule is COC(=O)c1c(Cc2c(OC)ccc([C@H]3C[C@@H](OC(C)=O)[C@H](OC(C)=O)[C@@H](COC(C)=O)O3)c2C)cc2cccccc1-2. The average molecular weight is 593 g/mol. The number of hydrogen-bond donors (Lipinski definition) is 0. The van der Waals surface area contributed by atoms with Crippen molar-refractivity contribution in [1.82, 2.24) is 0 Å². The Morgan fingerprint density at radius 1 is 0.907 bits per heavy atom. The van der Waals surface area contributed by atoms with Gasteiger partial charge in [0.25, 0.3) is 0 Å². The number of carbonyl (C=O) groups is 4. The molecule has 3 aliphatic rings. The average Bonchev–Trinajstić information content (AvgIpc) is 3.12. The number of hydrogen-bond acceptors (Lipinski definition) is 10. The summed E-state index contributed by atoms with van der Waals surface area (Å²) >= 11 is 0. The first-order chi connectivity index (χ1) is 20.5. The highest BCUT2D eigenvalue weighted by atomic mass is 16.6. The van der Waals surface area contributed by atoms with E-state index in [0.717, 1.165) is 33.4 Å². The van der Waals surface area contributed by atoms with Gasteiger partial charge < -0.3 is 28.4 Å². The van der Waals surface area contributed by atoms with Crippen molar-refractivity contribution in [1.29, 1.82) is 0 Å². The molecule has 0 aromatic heterocycles. The molecule has 0 saturated carbocycles. The van der Waals surface area contributed by atoms with Gasteiger partial charge >= 0.3 is 23.9 Å². The summed E-state index contributed by atoms with van der Waals surface area (Å²) in [6.45, 7) is 5.51. The van der Waals surface area contributed by atoms with Crippen LogP contribution in [0, 0.1) is 6.92 Å². The maximum atomic E-state index is 12.9. The molecular formula is C33H36O10. The van der Waals surface area contributed by atoms with E-state index in [1.165, 1.54) is 27.9 Å². The van der Waals surface area contributed by atoms with Crippen LogP contribution < -0.4 is 4.74 Å². The third-order valence-corrected chi connectivity index (χ3v) is 7.50. The molecule has 0 N–H and O–H groups in total. The van der Waals surface area contributed by atoms with E-state index in [1.807, 2.05) is 55.5 Å². The van der Waals surface area contributed by atoms with Crippen LogP contribution in [0.4, 0.5) is 0 Å². The Balaban J connectivity index is 1.77. The van der Waals surface area contributed by atoms with Crippen LogP contribution in [0.3, 0.4) is 0 Å². The lowest BCUT2D eigenvalue weighted by Gasteiger charge is -2.41. The lowest BCUT2D eigenvalue weighted by Crippen LogP contribution is -2.51. The first-order valence-electron chi connectivity index (χ1n) is 13.9. The number of carbonyl (C=O) groups excluding carboxylic acids is 4. The predicted octanol–water partition coefficient (Wildman–Crippen LogP) is 4.74. The number of esters is 4. The fraction of sp³-hybridized carbons (Fsp3) is 0.394. The molecule has 1 aromatic rings. The Labute approximate surface area is 250 Å². The second-order valence-electron chi connectivity index (χ2n) is 10.4. The summed E-state index contributed by atoms with van der Waals surface area (Å²) in [7, 11) is 2.93. The lowest BCUT2D eigenvalue weighted by molar-refractivity contribution is -0.216. The standard InChI is InChI=1S/C33H36O10/c1-18-24(28-16-29(41-20(3)35)32(42-21(4)36)30(43-28)17-40-19(2)34)12-13-27(38-5)26(18)15-23-14-22-10-8-7-9-11-25(22)31(23)33(37)39-6/h7-14,28-30,32H,15-17H2,1-6H3/t28-,29-,30-,32+/m1/s1. The quantitative estimate of drug-likeness (QED) is 0.254. The zero-order valence-electron chi connectivity index (χ0n) is 25.1. The number of benzene rings is 1. The maximum Gasteiger partial charge on any atom is 0.338 e. The van der Waals surface area contributed by atoms with E-state index in [9.17, 15) is 19.2 Å². The molecule has 228 valence electrons. The Bertz CT molecular complexity index is 1480. The lowest BCUT2D eigenvalue weighted by atomic mass is 9.88. The minimum Gasteiger partial charge on any atom is -0.496 e. The molecule has 10 heteroatoms. The molecule has 0 spiro atoms. The number of methoxy groups -OCH3 is 2. The van der Waals surface area contributed by atoms with Gasteiger partial charge in [0.15, 0.2) is 6.10 Å². The first-order valence-corrected chi connectivity index (χ1v) is 13.9. The molecule has 4 rings (SSSR count). The van der Waals surface area contributed by atoms with Crippen molar-refractivity contribution >= 4 is 23.9 Å². The zero-order chi connectivity index (χ0) is 31.3. The Kier molecular flexibility index (Phi) is 10.0. The summed E-state index contributed by atoms with van der Waals surface area (Å²) in [5, 5.41) is 0. The van der Waals surface area contributed by atoms with Crippen molar-refractivity contribution in [3.8, 4) is 16.9 Å². The normalized spacial score (nSPS) is 19.8. The van der Waals surface area contributed by atoms with Crippen molar-refractivity contribution in [2.45, 2.75) is 65.0 Å². The van der Waals surface area contributed by atoms with Crippen molar-refractivity contribution in [3.63, 3.8) is 0 Å². The van der Waals surface area contributed by atoms with Gasteiger partial charge in [-0.05, 0) is 46.9 Å². The Hall–Kier alpha value is -4.44. The molecule has 2 aliphatic carbocycles. The Morgan fingerprint density at radius 3 is 2.28 bits per heavy atom. The predicted molar refractivity (Wildman–Crippen MR) is 155 cm³/mol. The van der Waals surface area contributed by atoms with Crippen LogP contribution in [-0.4, -0.2) is 63.0 Å². The van der Waals surface area contributed by atoms with Crippen LogP contribution >= 0.6 is 0 Å².